The van der Waals surface area contributed by atoms with E-state index in [1.165, 1.54) is 38.3 Å². The molecule has 2 nitrogen and oxygen atoms in total. The Morgan fingerprint density at radius 3 is 2.44 bits per heavy atom. The Labute approximate surface area is 170 Å². The molecular formula is C24H15IrN2-. The summed E-state index contributed by atoms with van der Waals surface area (Å²) in [7, 11) is 0. The Balaban J connectivity index is 0.00000160. The van der Waals surface area contributed by atoms with Crippen LogP contribution in [-0.2, 0) is 20.1 Å². The third-order valence-corrected chi connectivity index (χ3v) is 5.33. The summed E-state index contributed by atoms with van der Waals surface area (Å²) in [6.45, 7) is 2.05. The molecule has 27 heavy (non-hydrogen) atoms. The molecule has 4 aromatic carbocycles. The molecule has 0 bridgehead atoms. The maximum Gasteiger partial charge on any atom is 0.0444 e. The van der Waals surface area contributed by atoms with Gasteiger partial charge in [0.15, 0.2) is 0 Å². The zero-order valence-electron chi connectivity index (χ0n) is 14.7. The van der Waals surface area contributed by atoms with Crippen molar-refractivity contribution in [1.82, 2.24) is 9.55 Å². The predicted octanol–water partition coefficient (Wildman–Crippen LogP) is 6.03. The summed E-state index contributed by atoms with van der Waals surface area (Å²) in [4.78, 5) is 4.87. The number of aryl methyl sites for hydroxylation is 1. The van der Waals surface area contributed by atoms with E-state index >= 15 is 0 Å². The third kappa shape index (κ3) is 2.13. The molecular weight excluding hydrogens is 508 g/mol. The van der Waals surface area contributed by atoms with Gasteiger partial charge in [-0.25, -0.2) is 0 Å². The molecule has 131 valence electrons. The minimum Gasteiger partial charge on any atom is -0.328 e. The van der Waals surface area contributed by atoms with Crippen LogP contribution >= 0.6 is 0 Å². The smallest absolute Gasteiger partial charge is 0.0444 e. The summed E-state index contributed by atoms with van der Waals surface area (Å²) in [5.41, 5.74) is 5.70. The first-order valence-corrected chi connectivity index (χ1v) is 8.84. The third-order valence-electron chi connectivity index (χ3n) is 5.33. The Hall–Kier alpha value is -2.74. The molecule has 6 aromatic rings. The number of pyridine rings is 1. The normalized spacial score (nSPS) is 11.6. The molecule has 0 aliphatic heterocycles. The second-order valence-electron chi connectivity index (χ2n) is 6.83. The van der Waals surface area contributed by atoms with E-state index in [0.717, 1.165) is 16.6 Å². The van der Waals surface area contributed by atoms with Crippen molar-refractivity contribution in [2.45, 2.75) is 6.92 Å². The van der Waals surface area contributed by atoms with Crippen LogP contribution < -0.4 is 0 Å². The Morgan fingerprint density at radius 2 is 1.59 bits per heavy atom. The monoisotopic (exact) mass is 524 g/mol. The molecule has 0 amide bonds. The summed E-state index contributed by atoms with van der Waals surface area (Å²) in [5.74, 6) is 0. The van der Waals surface area contributed by atoms with Gasteiger partial charge in [-0.1, -0.05) is 41.8 Å². The van der Waals surface area contributed by atoms with Crippen molar-refractivity contribution < 1.29 is 20.1 Å². The Morgan fingerprint density at radius 1 is 0.778 bits per heavy atom. The van der Waals surface area contributed by atoms with E-state index in [1.54, 1.807) is 0 Å². The molecule has 0 aliphatic rings. The van der Waals surface area contributed by atoms with Gasteiger partial charge < -0.3 is 9.55 Å². The topological polar surface area (TPSA) is 17.8 Å². The standard InChI is InChI=1S/C24H15N2.Ir/c1-15-13-14-18-17-9-5-11-20-22(17)23-19(24(18)25-15)10-6-12-21(23)26(20)16-7-3-2-4-8-16;/h2-9,11-14H,1H3;/q-1;. The SMILES string of the molecule is Cc1ccc2c3cccc4c3c3c([c-]ccc3n4-c3ccccc3)c2n1.[Ir]. The van der Waals surface area contributed by atoms with Gasteiger partial charge in [0.1, 0.15) is 0 Å². The molecule has 0 atom stereocenters. The van der Waals surface area contributed by atoms with E-state index < -0.39 is 0 Å². The van der Waals surface area contributed by atoms with Crippen molar-refractivity contribution in [2.75, 3.05) is 0 Å². The van der Waals surface area contributed by atoms with Gasteiger partial charge >= 0.3 is 0 Å². The molecule has 6 rings (SSSR count). The van der Waals surface area contributed by atoms with Gasteiger partial charge in [0.05, 0.1) is 0 Å². The summed E-state index contributed by atoms with van der Waals surface area (Å²) in [6.07, 6.45) is 0. The van der Waals surface area contributed by atoms with Crippen LogP contribution in [0.1, 0.15) is 5.69 Å². The van der Waals surface area contributed by atoms with Crippen LogP contribution in [0.2, 0.25) is 0 Å². The van der Waals surface area contributed by atoms with E-state index in [-0.39, 0.29) is 20.1 Å². The maximum absolute atomic E-state index is 4.87. The van der Waals surface area contributed by atoms with E-state index in [2.05, 4.69) is 77.4 Å². The van der Waals surface area contributed by atoms with Crippen LogP contribution in [0.5, 0.6) is 0 Å². The number of hydrogen-bond acceptors (Lipinski definition) is 1. The minimum atomic E-state index is 0. The molecule has 0 fully saturated rings. The molecule has 0 spiro atoms. The van der Waals surface area contributed by atoms with Gasteiger partial charge in [-0.05, 0) is 58.4 Å². The Kier molecular flexibility index (Phi) is 3.58. The van der Waals surface area contributed by atoms with Gasteiger partial charge in [0, 0.05) is 37.0 Å². The summed E-state index contributed by atoms with van der Waals surface area (Å²) in [6, 6.07) is 29.1. The van der Waals surface area contributed by atoms with Crippen molar-refractivity contribution in [3.8, 4) is 5.69 Å². The second kappa shape index (κ2) is 5.88. The fourth-order valence-corrected chi connectivity index (χ4v) is 4.28. The average molecular weight is 524 g/mol. The van der Waals surface area contributed by atoms with E-state index in [0.29, 0.717) is 0 Å². The quantitative estimate of drug-likeness (QED) is 0.190. The van der Waals surface area contributed by atoms with Crippen LogP contribution in [0, 0.1) is 13.0 Å². The van der Waals surface area contributed by atoms with Crippen LogP contribution in [-0.4, -0.2) is 9.55 Å². The number of aromatic nitrogens is 2. The van der Waals surface area contributed by atoms with E-state index in [1.807, 2.05) is 13.0 Å². The number of rotatable bonds is 1. The van der Waals surface area contributed by atoms with Crippen molar-refractivity contribution in [3.63, 3.8) is 0 Å². The van der Waals surface area contributed by atoms with Crippen molar-refractivity contribution >= 4 is 43.5 Å². The maximum atomic E-state index is 4.87. The van der Waals surface area contributed by atoms with E-state index in [9.17, 15) is 0 Å². The number of para-hydroxylation sites is 1. The van der Waals surface area contributed by atoms with Crippen molar-refractivity contribution in [3.05, 3.63) is 84.6 Å². The first-order valence-electron chi connectivity index (χ1n) is 8.84. The van der Waals surface area contributed by atoms with Gasteiger partial charge in [-0.2, -0.15) is 0 Å². The zero-order chi connectivity index (χ0) is 17.3. The predicted molar refractivity (Wildman–Crippen MR) is 108 cm³/mol. The van der Waals surface area contributed by atoms with Crippen LogP contribution in [0.15, 0.2) is 72.8 Å². The van der Waals surface area contributed by atoms with Gasteiger partial charge in [0.2, 0.25) is 0 Å². The molecule has 2 aromatic heterocycles. The van der Waals surface area contributed by atoms with Crippen molar-refractivity contribution in [2.24, 2.45) is 0 Å². The van der Waals surface area contributed by atoms with Crippen molar-refractivity contribution in [1.29, 1.82) is 0 Å². The zero-order valence-corrected chi connectivity index (χ0v) is 17.1. The van der Waals surface area contributed by atoms with Gasteiger partial charge in [0.25, 0.3) is 0 Å². The van der Waals surface area contributed by atoms with Gasteiger partial charge in [-0.15, -0.1) is 23.6 Å². The molecule has 0 N–H and O–H groups in total. The summed E-state index contributed by atoms with van der Waals surface area (Å²) < 4.78 is 2.35. The Bertz CT molecular complexity index is 1430. The van der Waals surface area contributed by atoms with E-state index in [4.69, 9.17) is 4.98 Å². The number of benzene rings is 4. The largest absolute Gasteiger partial charge is 0.328 e. The second-order valence-corrected chi connectivity index (χ2v) is 6.83. The average Bonchev–Trinajstić information content (AvgIpc) is 3.03. The number of nitrogens with zero attached hydrogens (tertiary/aromatic N) is 2. The molecule has 0 aliphatic carbocycles. The molecule has 2 heterocycles. The first-order chi connectivity index (χ1) is 12.8. The fraction of sp³-hybridized carbons (Fsp3) is 0.0417. The molecule has 0 saturated carbocycles. The fourth-order valence-electron chi connectivity index (χ4n) is 4.28. The molecule has 0 unspecified atom stereocenters. The van der Waals surface area contributed by atoms with Gasteiger partial charge in [-0.3, -0.25) is 0 Å². The summed E-state index contributed by atoms with van der Waals surface area (Å²) in [5, 5.41) is 6.13. The number of hydrogen-bond donors (Lipinski definition) is 0. The van der Waals surface area contributed by atoms with Crippen LogP contribution in [0.4, 0.5) is 0 Å². The van der Waals surface area contributed by atoms with Crippen LogP contribution in [0.25, 0.3) is 49.2 Å². The molecule has 1 radical (unpaired) electrons. The first kappa shape index (κ1) is 16.4. The summed E-state index contributed by atoms with van der Waals surface area (Å²) >= 11 is 0. The molecule has 3 heteroatoms. The minimum absolute atomic E-state index is 0. The van der Waals surface area contributed by atoms with Crippen LogP contribution in [0.3, 0.4) is 0 Å². The number of fused-ring (bicyclic) bond motifs is 3. The molecule has 0 saturated heterocycles.